The van der Waals surface area contributed by atoms with Crippen LogP contribution in [0, 0.1) is 5.41 Å². The normalized spacial score (nSPS) is 24.4. The summed E-state index contributed by atoms with van der Waals surface area (Å²) in [6.45, 7) is 3.65. The fourth-order valence-electron chi connectivity index (χ4n) is 5.16. The van der Waals surface area contributed by atoms with Gasteiger partial charge < -0.3 is 29.7 Å². The molecule has 0 aromatic heterocycles. The van der Waals surface area contributed by atoms with Crippen molar-refractivity contribution in [3.63, 3.8) is 0 Å². The van der Waals surface area contributed by atoms with Gasteiger partial charge in [-0.3, -0.25) is 4.79 Å². The molecule has 4 rings (SSSR count). The van der Waals surface area contributed by atoms with Crippen LogP contribution in [-0.4, -0.2) is 71.2 Å². The fraction of sp³-hybridized carbons (Fsp3) is 0.500. The van der Waals surface area contributed by atoms with Gasteiger partial charge in [-0.15, -0.1) is 0 Å². The Labute approximate surface area is 194 Å². The van der Waals surface area contributed by atoms with Crippen molar-refractivity contribution >= 4 is 5.91 Å². The summed E-state index contributed by atoms with van der Waals surface area (Å²) < 4.78 is 12.0. The van der Waals surface area contributed by atoms with E-state index in [1.807, 2.05) is 37.3 Å². The molecule has 7 heteroatoms. The van der Waals surface area contributed by atoms with E-state index in [4.69, 9.17) is 9.47 Å². The maximum absolute atomic E-state index is 12.6. The van der Waals surface area contributed by atoms with Crippen molar-refractivity contribution in [3.05, 3.63) is 59.2 Å². The summed E-state index contributed by atoms with van der Waals surface area (Å²) in [6.07, 6.45) is -0.474. The lowest BCUT2D eigenvalue weighted by Gasteiger charge is -2.34. The van der Waals surface area contributed by atoms with Gasteiger partial charge in [-0.2, -0.15) is 0 Å². The average molecular weight is 456 g/mol. The standard InChI is InChI=1S/C26H33NO6/c1-16(29)26(2)15-27(25(31)22(30)14-28)13-21(26)19-8-9-23(32-3)24(12-19)33-20-10-17-6-4-5-7-18(17)11-20/h4-9,12,16,20-22,28-30H,10-11,13-15H2,1-3H3. The minimum Gasteiger partial charge on any atom is -0.493 e. The van der Waals surface area contributed by atoms with Gasteiger partial charge in [-0.1, -0.05) is 37.3 Å². The molecule has 33 heavy (non-hydrogen) atoms. The zero-order chi connectivity index (χ0) is 23.8. The molecule has 0 bridgehead atoms. The van der Waals surface area contributed by atoms with E-state index in [0.29, 0.717) is 18.0 Å². The number of amides is 1. The highest BCUT2D eigenvalue weighted by Gasteiger charge is 2.49. The van der Waals surface area contributed by atoms with Crippen LogP contribution in [0.15, 0.2) is 42.5 Å². The second-order valence-corrected chi connectivity index (χ2v) is 9.48. The molecule has 2 aromatic carbocycles. The summed E-state index contributed by atoms with van der Waals surface area (Å²) in [6, 6.07) is 14.1. The van der Waals surface area contributed by atoms with Crippen molar-refractivity contribution in [2.75, 3.05) is 26.8 Å². The van der Waals surface area contributed by atoms with E-state index in [1.165, 1.54) is 16.0 Å². The average Bonchev–Trinajstić information content (AvgIpc) is 3.39. The first-order chi connectivity index (χ1) is 15.8. The Kier molecular flexibility index (Phi) is 6.66. The molecule has 178 valence electrons. The zero-order valence-corrected chi connectivity index (χ0v) is 19.4. The van der Waals surface area contributed by atoms with Crippen LogP contribution < -0.4 is 9.47 Å². The van der Waals surface area contributed by atoms with Crippen LogP contribution in [0.5, 0.6) is 11.5 Å². The molecule has 1 amide bonds. The number of hydrogen-bond donors (Lipinski definition) is 3. The van der Waals surface area contributed by atoms with Gasteiger partial charge in [0.2, 0.25) is 0 Å². The number of nitrogens with zero attached hydrogens (tertiary/aromatic N) is 1. The quantitative estimate of drug-likeness (QED) is 0.590. The Bertz CT molecular complexity index is 983. The third kappa shape index (κ3) is 4.45. The van der Waals surface area contributed by atoms with E-state index in [1.54, 1.807) is 14.0 Å². The Morgan fingerprint density at radius 2 is 1.82 bits per heavy atom. The van der Waals surface area contributed by atoms with E-state index >= 15 is 0 Å². The van der Waals surface area contributed by atoms with Gasteiger partial charge in [-0.05, 0) is 35.7 Å². The number of methoxy groups -OCH3 is 1. The van der Waals surface area contributed by atoms with Crippen LogP contribution >= 0.6 is 0 Å². The molecule has 2 aliphatic rings. The number of ether oxygens (including phenoxy) is 2. The third-order valence-corrected chi connectivity index (χ3v) is 7.35. The lowest BCUT2D eigenvalue weighted by Crippen LogP contribution is -2.42. The van der Waals surface area contributed by atoms with Crippen molar-refractivity contribution in [3.8, 4) is 11.5 Å². The van der Waals surface area contributed by atoms with Crippen molar-refractivity contribution in [1.29, 1.82) is 0 Å². The smallest absolute Gasteiger partial charge is 0.253 e. The summed E-state index contributed by atoms with van der Waals surface area (Å²) in [7, 11) is 1.61. The molecule has 0 radical (unpaired) electrons. The van der Waals surface area contributed by atoms with Crippen LogP contribution in [0.25, 0.3) is 0 Å². The van der Waals surface area contributed by atoms with Crippen molar-refractivity contribution in [2.45, 2.75) is 50.9 Å². The minimum atomic E-state index is -1.46. The molecule has 0 spiro atoms. The first-order valence-corrected chi connectivity index (χ1v) is 11.4. The van der Waals surface area contributed by atoms with Crippen LogP contribution in [0.3, 0.4) is 0 Å². The van der Waals surface area contributed by atoms with E-state index in [2.05, 4.69) is 12.1 Å². The van der Waals surface area contributed by atoms with Crippen LogP contribution in [0.1, 0.15) is 36.5 Å². The maximum Gasteiger partial charge on any atom is 0.253 e. The molecular weight excluding hydrogens is 422 g/mol. The second-order valence-electron chi connectivity index (χ2n) is 9.48. The highest BCUT2D eigenvalue weighted by atomic mass is 16.5. The van der Waals surface area contributed by atoms with Gasteiger partial charge in [0, 0.05) is 37.3 Å². The Morgan fingerprint density at radius 1 is 1.15 bits per heavy atom. The molecule has 4 atom stereocenters. The highest BCUT2D eigenvalue weighted by Crippen LogP contribution is 2.47. The predicted octanol–water partition coefficient (Wildman–Crippen LogP) is 1.91. The van der Waals surface area contributed by atoms with Crippen molar-refractivity contribution in [2.24, 2.45) is 5.41 Å². The molecule has 2 aromatic rings. The van der Waals surface area contributed by atoms with Gasteiger partial charge in [0.25, 0.3) is 5.91 Å². The number of fused-ring (bicyclic) bond motifs is 1. The van der Waals surface area contributed by atoms with Crippen LogP contribution in [0.4, 0.5) is 0 Å². The van der Waals surface area contributed by atoms with E-state index in [9.17, 15) is 20.1 Å². The van der Waals surface area contributed by atoms with E-state index < -0.39 is 30.1 Å². The molecule has 4 unspecified atom stereocenters. The third-order valence-electron chi connectivity index (χ3n) is 7.35. The Morgan fingerprint density at radius 3 is 2.39 bits per heavy atom. The van der Waals surface area contributed by atoms with Gasteiger partial charge in [0.15, 0.2) is 17.6 Å². The largest absolute Gasteiger partial charge is 0.493 e. The van der Waals surface area contributed by atoms with Crippen molar-refractivity contribution in [1.82, 2.24) is 4.90 Å². The molecular formula is C26H33NO6. The molecule has 1 fully saturated rings. The summed E-state index contributed by atoms with van der Waals surface area (Å²) in [5.74, 6) is 0.568. The zero-order valence-electron chi connectivity index (χ0n) is 19.4. The molecule has 1 aliphatic carbocycles. The maximum atomic E-state index is 12.6. The van der Waals surface area contributed by atoms with E-state index in [0.717, 1.165) is 18.4 Å². The summed E-state index contributed by atoms with van der Waals surface area (Å²) in [5.41, 5.74) is 2.90. The van der Waals surface area contributed by atoms with Gasteiger partial charge in [-0.25, -0.2) is 0 Å². The molecule has 3 N–H and O–H groups in total. The molecule has 1 heterocycles. The first kappa shape index (κ1) is 23.5. The van der Waals surface area contributed by atoms with Crippen molar-refractivity contribution < 1.29 is 29.6 Å². The summed E-state index contributed by atoms with van der Waals surface area (Å²) in [5, 5.41) is 29.7. The Balaban J connectivity index is 1.61. The molecule has 1 aliphatic heterocycles. The lowest BCUT2D eigenvalue weighted by molar-refractivity contribution is -0.141. The minimum absolute atomic E-state index is 0.0102. The second kappa shape index (κ2) is 9.33. The number of aliphatic hydroxyl groups excluding tert-OH is 3. The number of carbonyl (C=O) groups excluding carboxylic acids is 1. The summed E-state index contributed by atoms with van der Waals surface area (Å²) >= 11 is 0. The number of rotatable bonds is 7. The summed E-state index contributed by atoms with van der Waals surface area (Å²) in [4.78, 5) is 14.1. The van der Waals surface area contributed by atoms with E-state index in [-0.39, 0.29) is 18.6 Å². The fourth-order valence-corrected chi connectivity index (χ4v) is 5.16. The lowest BCUT2D eigenvalue weighted by atomic mass is 9.72. The first-order valence-electron chi connectivity index (χ1n) is 11.4. The SMILES string of the molecule is COc1ccc(C2CN(C(=O)C(O)CO)CC2(C)C(C)O)cc1OC1Cc2ccccc2C1. The highest BCUT2D eigenvalue weighted by molar-refractivity contribution is 5.81. The van der Waals surface area contributed by atoms with Gasteiger partial charge in [0.05, 0.1) is 19.8 Å². The van der Waals surface area contributed by atoms with Crippen LogP contribution in [-0.2, 0) is 17.6 Å². The van der Waals surface area contributed by atoms with Gasteiger partial charge in [0.1, 0.15) is 6.10 Å². The molecule has 1 saturated heterocycles. The van der Waals surface area contributed by atoms with Gasteiger partial charge >= 0.3 is 0 Å². The monoisotopic (exact) mass is 455 g/mol. The molecule has 7 nitrogen and oxygen atoms in total. The number of carbonyl (C=O) groups is 1. The number of aliphatic hydroxyl groups is 3. The predicted molar refractivity (Wildman–Crippen MR) is 123 cm³/mol. The number of likely N-dealkylation sites (tertiary alicyclic amines) is 1. The molecule has 0 saturated carbocycles. The number of benzene rings is 2. The Hall–Kier alpha value is -2.61. The van der Waals surface area contributed by atoms with Crippen LogP contribution in [0.2, 0.25) is 0 Å². The topological polar surface area (TPSA) is 99.5 Å². The number of hydrogen-bond acceptors (Lipinski definition) is 6.